The van der Waals surface area contributed by atoms with Crippen LogP contribution in [0.25, 0.3) is 0 Å². The van der Waals surface area contributed by atoms with E-state index in [9.17, 15) is 26.3 Å². The lowest BCUT2D eigenvalue weighted by Gasteiger charge is -1.93. The summed E-state index contributed by atoms with van der Waals surface area (Å²) >= 11 is 0. The molecule has 0 aromatic heterocycles. The minimum absolute atomic E-state index is 0.910. The van der Waals surface area contributed by atoms with Crippen molar-refractivity contribution in [3.63, 3.8) is 0 Å². The van der Waals surface area contributed by atoms with Gasteiger partial charge in [-0.1, -0.05) is 18.2 Å². The second-order valence-corrected chi connectivity index (χ2v) is 3.12. The van der Waals surface area contributed by atoms with E-state index in [-0.39, 0.29) is 0 Å². The summed E-state index contributed by atoms with van der Waals surface area (Å²) in [6, 6.07) is 9.68. The van der Waals surface area contributed by atoms with Gasteiger partial charge in [0.2, 0.25) is 0 Å². The number of aliphatic carboxylic acids is 2. The zero-order valence-electron chi connectivity index (χ0n) is 10.8. The molecule has 0 aliphatic rings. The van der Waals surface area contributed by atoms with Crippen LogP contribution in [0.4, 0.5) is 26.3 Å². The number of hydrogen-bond acceptors (Lipinski definition) is 3. The average molecular weight is 336 g/mol. The Morgan fingerprint density at radius 2 is 1.14 bits per heavy atom. The Labute approximate surface area is 119 Å². The number of carbonyl (C=O) groups is 2. The molecule has 0 unspecified atom stereocenters. The topological polar surface area (TPSA) is 83.8 Å². The molecule has 0 amide bonds. The van der Waals surface area contributed by atoms with Crippen LogP contribution in [-0.4, -0.2) is 41.6 Å². The van der Waals surface area contributed by atoms with Gasteiger partial charge in [0.05, 0.1) is 7.11 Å². The molecule has 0 heterocycles. The van der Waals surface area contributed by atoms with Gasteiger partial charge in [0, 0.05) is 0 Å². The van der Waals surface area contributed by atoms with E-state index < -0.39 is 24.3 Å². The lowest BCUT2D eigenvalue weighted by molar-refractivity contribution is -0.193. The molecule has 11 heteroatoms. The Balaban J connectivity index is 0. The monoisotopic (exact) mass is 336 g/mol. The van der Waals surface area contributed by atoms with Crippen LogP contribution in [0.2, 0.25) is 0 Å². The minimum atomic E-state index is -5.08. The van der Waals surface area contributed by atoms with Crippen LogP contribution in [0, 0.1) is 0 Å². The van der Waals surface area contributed by atoms with Gasteiger partial charge in [-0.25, -0.2) is 9.59 Å². The smallest absolute Gasteiger partial charge is 0.490 e. The Kier molecular flexibility index (Phi) is 9.40. The molecular formula is C11H10F6O5. The van der Waals surface area contributed by atoms with Crippen LogP contribution < -0.4 is 4.74 Å². The summed E-state index contributed by atoms with van der Waals surface area (Å²) in [6.07, 6.45) is -10.2. The van der Waals surface area contributed by atoms with Gasteiger partial charge in [0.15, 0.2) is 0 Å². The molecule has 126 valence electrons. The van der Waals surface area contributed by atoms with Crippen LogP contribution in [0.3, 0.4) is 0 Å². The highest BCUT2D eigenvalue weighted by atomic mass is 19.4. The quantitative estimate of drug-likeness (QED) is 0.771. The van der Waals surface area contributed by atoms with Gasteiger partial charge in [0.1, 0.15) is 5.75 Å². The van der Waals surface area contributed by atoms with Gasteiger partial charge >= 0.3 is 24.3 Å². The van der Waals surface area contributed by atoms with E-state index in [1.165, 1.54) is 0 Å². The van der Waals surface area contributed by atoms with Crippen molar-refractivity contribution in [2.24, 2.45) is 0 Å². The summed E-state index contributed by atoms with van der Waals surface area (Å²) < 4.78 is 68.4. The number of carboxylic acid groups (broad SMARTS) is 2. The fraction of sp³-hybridized carbons (Fsp3) is 0.273. The second-order valence-electron chi connectivity index (χ2n) is 3.12. The van der Waals surface area contributed by atoms with Crippen LogP contribution >= 0.6 is 0 Å². The lowest BCUT2D eigenvalue weighted by Crippen LogP contribution is -2.21. The van der Waals surface area contributed by atoms with Crippen molar-refractivity contribution in [3.05, 3.63) is 30.3 Å². The molecule has 0 spiro atoms. The van der Waals surface area contributed by atoms with E-state index in [0.29, 0.717) is 0 Å². The standard InChI is InChI=1S/C7H8O.2C2HF3O2/c1-8-7-5-3-2-4-6-7;2*3-2(4,5)1(6)7/h2-6H,1H3;2*(H,6,7). The highest BCUT2D eigenvalue weighted by Gasteiger charge is 2.38. The van der Waals surface area contributed by atoms with Crippen molar-refractivity contribution >= 4 is 11.9 Å². The van der Waals surface area contributed by atoms with E-state index in [1.807, 2.05) is 30.3 Å². The van der Waals surface area contributed by atoms with Crippen molar-refractivity contribution in [2.45, 2.75) is 12.4 Å². The first-order valence-electron chi connectivity index (χ1n) is 5.01. The number of para-hydroxylation sites is 1. The summed E-state index contributed by atoms with van der Waals surface area (Å²) in [7, 11) is 1.66. The first-order chi connectivity index (χ1) is 9.82. The van der Waals surface area contributed by atoms with Gasteiger partial charge in [0.25, 0.3) is 0 Å². The van der Waals surface area contributed by atoms with Crippen molar-refractivity contribution in [3.8, 4) is 5.75 Å². The summed E-state index contributed by atoms with van der Waals surface area (Å²) in [5.74, 6) is -4.60. The Morgan fingerprint density at radius 1 is 0.864 bits per heavy atom. The van der Waals surface area contributed by atoms with Crippen molar-refractivity contribution in [1.29, 1.82) is 0 Å². The number of alkyl halides is 6. The average Bonchev–Trinajstić information content (AvgIpc) is 2.39. The SMILES string of the molecule is COc1ccccc1.O=C(O)C(F)(F)F.O=C(O)C(F)(F)F. The van der Waals surface area contributed by atoms with E-state index in [4.69, 9.17) is 24.5 Å². The predicted octanol–water partition coefficient (Wildman–Crippen LogP) is 2.96. The van der Waals surface area contributed by atoms with Gasteiger partial charge < -0.3 is 14.9 Å². The molecule has 0 saturated carbocycles. The van der Waals surface area contributed by atoms with Gasteiger partial charge in [-0.15, -0.1) is 0 Å². The Morgan fingerprint density at radius 3 is 1.27 bits per heavy atom. The molecule has 0 bridgehead atoms. The highest BCUT2D eigenvalue weighted by molar-refractivity contribution is 5.73. The number of halogens is 6. The molecule has 0 fully saturated rings. The van der Waals surface area contributed by atoms with Crippen LogP contribution in [-0.2, 0) is 9.59 Å². The van der Waals surface area contributed by atoms with E-state index in [1.54, 1.807) is 7.11 Å². The third-order valence-electron chi connectivity index (χ3n) is 1.46. The van der Waals surface area contributed by atoms with Gasteiger partial charge in [-0.2, -0.15) is 26.3 Å². The Bertz CT molecular complexity index is 430. The fourth-order valence-electron chi connectivity index (χ4n) is 0.557. The van der Waals surface area contributed by atoms with E-state index in [2.05, 4.69) is 0 Å². The van der Waals surface area contributed by atoms with Crippen LogP contribution in [0.5, 0.6) is 5.75 Å². The summed E-state index contributed by atoms with van der Waals surface area (Å²) in [6.45, 7) is 0. The van der Waals surface area contributed by atoms with Crippen LogP contribution in [0.1, 0.15) is 0 Å². The summed E-state index contributed by atoms with van der Waals surface area (Å²) in [5, 5.41) is 14.2. The number of benzene rings is 1. The molecule has 0 atom stereocenters. The number of hydrogen-bond donors (Lipinski definition) is 2. The molecule has 22 heavy (non-hydrogen) atoms. The third-order valence-corrected chi connectivity index (χ3v) is 1.46. The highest BCUT2D eigenvalue weighted by Crippen LogP contribution is 2.13. The largest absolute Gasteiger partial charge is 0.497 e. The molecule has 1 aromatic rings. The van der Waals surface area contributed by atoms with Gasteiger partial charge in [-0.05, 0) is 12.1 Å². The first kappa shape index (κ1) is 21.8. The molecule has 1 rings (SSSR count). The van der Waals surface area contributed by atoms with Crippen molar-refractivity contribution in [1.82, 2.24) is 0 Å². The van der Waals surface area contributed by atoms with Crippen molar-refractivity contribution in [2.75, 3.05) is 7.11 Å². The van der Waals surface area contributed by atoms with E-state index >= 15 is 0 Å². The minimum Gasteiger partial charge on any atom is -0.497 e. The number of carboxylic acids is 2. The molecule has 0 aliphatic heterocycles. The normalized spacial score (nSPS) is 10.3. The summed E-state index contributed by atoms with van der Waals surface area (Å²) in [4.78, 5) is 17.8. The maximum atomic E-state index is 10.6. The zero-order valence-corrected chi connectivity index (χ0v) is 10.8. The predicted molar refractivity (Wildman–Crippen MR) is 60.4 cm³/mol. The molecule has 0 aliphatic carbocycles. The molecular weight excluding hydrogens is 326 g/mol. The fourth-order valence-corrected chi connectivity index (χ4v) is 0.557. The number of methoxy groups -OCH3 is 1. The molecule has 0 saturated heterocycles. The second kappa shape index (κ2) is 9.47. The number of ether oxygens (including phenoxy) is 1. The summed E-state index contributed by atoms with van der Waals surface area (Å²) in [5.41, 5.74) is 0. The molecule has 0 radical (unpaired) electrons. The first-order valence-corrected chi connectivity index (χ1v) is 5.01. The zero-order chi connectivity index (χ0) is 18.0. The Hall–Kier alpha value is -2.46. The van der Waals surface area contributed by atoms with Gasteiger partial charge in [-0.3, -0.25) is 0 Å². The molecule has 5 nitrogen and oxygen atoms in total. The van der Waals surface area contributed by atoms with E-state index in [0.717, 1.165) is 5.75 Å². The van der Waals surface area contributed by atoms with Crippen molar-refractivity contribution < 1.29 is 50.9 Å². The lowest BCUT2D eigenvalue weighted by atomic mass is 10.3. The maximum absolute atomic E-state index is 10.6. The molecule has 2 N–H and O–H groups in total. The molecule has 1 aromatic carbocycles. The van der Waals surface area contributed by atoms with Crippen LogP contribution in [0.15, 0.2) is 30.3 Å². The number of rotatable bonds is 1. The third kappa shape index (κ3) is 12.6. The maximum Gasteiger partial charge on any atom is 0.490 e.